The minimum absolute atomic E-state index is 0.145. The van der Waals surface area contributed by atoms with Crippen molar-refractivity contribution in [3.63, 3.8) is 0 Å². The van der Waals surface area contributed by atoms with Crippen molar-refractivity contribution in [2.45, 2.75) is 59.3 Å². The average Bonchev–Trinajstić information content (AvgIpc) is 2.86. The van der Waals surface area contributed by atoms with E-state index in [-0.39, 0.29) is 11.5 Å². The highest BCUT2D eigenvalue weighted by molar-refractivity contribution is 6.08. The third kappa shape index (κ3) is 8.49. The number of carboxylic acids is 1. The van der Waals surface area contributed by atoms with Gasteiger partial charge in [0.1, 0.15) is 5.75 Å². The summed E-state index contributed by atoms with van der Waals surface area (Å²) in [6, 6.07) is 13.9. The van der Waals surface area contributed by atoms with Crippen LogP contribution in [0.25, 0.3) is 0 Å². The lowest BCUT2D eigenvalue weighted by Gasteiger charge is -2.27. The standard InChI is InChI=1S/C28H40N2O4/c1-4-7-8-9-10-13-22-34-26-15-12-11-14-25(26)27(31)30(21-20-29(5-2)6-3)24-18-16-23(17-19-24)28(32)33/h11-12,14-19H,4-10,13,20-22H2,1-3H3,(H,32,33). The smallest absolute Gasteiger partial charge is 0.335 e. The molecular formula is C28H40N2O4. The number of hydrogen-bond donors (Lipinski definition) is 1. The Bertz CT molecular complexity index is 878. The summed E-state index contributed by atoms with van der Waals surface area (Å²) in [5, 5.41) is 9.24. The molecule has 0 aliphatic carbocycles. The molecule has 0 bridgehead atoms. The van der Waals surface area contributed by atoms with Gasteiger partial charge in [0, 0.05) is 18.8 Å². The first-order valence-electron chi connectivity index (χ1n) is 12.6. The zero-order chi connectivity index (χ0) is 24.8. The first-order chi connectivity index (χ1) is 16.5. The summed E-state index contributed by atoms with van der Waals surface area (Å²) < 4.78 is 6.03. The molecule has 0 radical (unpaired) electrons. The Balaban J connectivity index is 2.17. The maximum absolute atomic E-state index is 13.7. The molecule has 0 aliphatic rings. The maximum atomic E-state index is 13.7. The number of rotatable bonds is 16. The molecule has 2 aromatic rings. The fourth-order valence-electron chi connectivity index (χ4n) is 3.89. The highest BCUT2D eigenvalue weighted by Gasteiger charge is 2.22. The normalized spacial score (nSPS) is 10.9. The number of ether oxygens (including phenoxy) is 1. The lowest BCUT2D eigenvalue weighted by molar-refractivity contribution is 0.0696. The van der Waals surface area contributed by atoms with Gasteiger partial charge in [-0.1, -0.05) is 65.0 Å². The molecular weight excluding hydrogens is 428 g/mol. The van der Waals surface area contributed by atoms with Crippen molar-refractivity contribution in [3.05, 3.63) is 59.7 Å². The van der Waals surface area contributed by atoms with Crippen molar-refractivity contribution in [1.82, 2.24) is 4.90 Å². The lowest BCUT2D eigenvalue weighted by atomic mass is 10.1. The molecule has 2 rings (SSSR count). The molecule has 0 unspecified atom stereocenters. The summed E-state index contributed by atoms with van der Waals surface area (Å²) >= 11 is 0. The largest absolute Gasteiger partial charge is 0.493 e. The summed E-state index contributed by atoms with van der Waals surface area (Å²) in [4.78, 5) is 28.9. The molecule has 0 atom stereocenters. The van der Waals surface area contributed by atoms with Gasteiger partial charge >= 0.3 is 5.97 Å². The lowest BCUT2D eigenvalue weighted by Crippen LogP contribution is -2.39. The molecule has 1 amide bonds. The number of benzene rings is 2. The van der Waals surface area contributed by atoms with Crippen molar-refractivity contribution in [1.29, 1.82) is 0 Å². The topological polar surface area (TPSA) is 70.1 Å². The number of para-hydroxylation sites is 1. The molecule has 0 heterocycles. The van der Waals surface area contributed by atoms with E-state index in [2.05, 4.69) is 25.7 Å². The molecule has 1 N–H and O–H groups in total. The van der Waals surface area contributed by atoms with Crippen molar-refractivity contribution >= 4 is 17.6 Å². The van der Waals surface area contributed by atoms with Gasteiger partial charge in [0.25, 0.3) is 5.91 Å². The Kier molecular flexibility index (Phi) is 12.2. The van der Waals surface area contributed by atoms with Crippen LogP contribution in [-0.4, -0.2) is 54.7 Å². The Morgan fingerprint density at radius 2 is 1.47 bits per heavy atom. The first-order valence-corrected chi connectivity index (χ1v) is 12.6. The molecule has 186 valence electrons. The van der Waals surface area contributed by atoms with Crippen molar-refractivity contribution in [2.75, 3.05) is 37.7 Å². The van der Waals surface area contributed by atoms with E-state index >= 15 is 0 Å². The second-order valence-electron chi connectivity index (χ2n) is 8.45. The minimum atomic E-state index is -0.985. The zero-order valence-electron chi connectivity index (χ0n) is 21.0. The van der Waals surface area contributed by atoms with Crippen LogP contribution in [0.4, 0.5) is 5.69 Å². The van der Waals surface area contributed by atoms with Crippen LogP contribution < -0.4 is 9.64 Å². The molecule has 0 fully saturated rings. The number of carbonyl (C=O) groups excluding carboxylic acids is 1. The van der Waals surface area contributed by atoms with Gasteiger partial charge in [-0.3, -0.25) is 4.79 Å². The van der Waals surface area contributed by atoms with E-state index in [0.29, 0.717) is 30.2 Å². The number of aromatic carboxylic acids is 1. The molecule has 0 saturated carbocycles. The molecule has 2 aromatic carbocycles. The Morgan fingerprint density at radius 1 is 0.824 bits per heavy atom. The molecule has 34 heavy (non-hydrogen) atoms. The van der Waals surface area contributed by atoms with Crippen LogP contribution in [-0.2, 0) is 0 Å². The second-order valence-corrected chi connectivity index (χ2v) is 8.45. The minimum Gasteiger partial charge on any atom is -0.493 e. The number of nitrogens with zero attached hydrogens (tertiary/aromatic N) is 2. The number of likely N-dealkylation sites (N-methyl/N-ethyl adjacent to an activating group) is 1. The average molecular weight is 469 g/mol. The first kappa shape index (κ1) is 27.4. The molecule has 0 aromatic heterocycles. The maximum Gasteiger partial charge on any atom is 0.335 e. The summed E-state index contributed by atoms with van der Waals surface area (Å²) in [6.45, 7) is 10.0. The summed E-state index contributed by atoms with van der Waals surface area (Å²) in [5.41, 5.74) is 1.39. The van der Waals surface area contributed by atoms with Gasteiger partial charge in [-0.15, -0.1) is 0 Å². The van der Waals surface area contributed by atoms with Gasteiger partial charge in [0.05, 0.1) is 17.7 Å². The SMILES string of the molecule is CCCCCCCCOc1ccccc1C(=O)N(CCN(CC)CC)c1ccc(C(=O)O)cc1. The molecule has 6 heteroatoms. The zero-order valence-corrected chi connectivity index (χ0v) is 21.0. The fourth-order valence-corrected chi connectivity index (χ4v) is 3.89. The number of carboxylic acid groups (broad SMARTS) is 1. The van der Waals surface area contributed by atoms with Crippen LogP contribution >= 0.6 is 0 Å². The van der Waals surface area contributed by atoms with Crippen LogP contribution in [0.1, 0.15) is 80.0 Å². The fraction of sp³-hybridized carbons (Fsp3) is 0.500. The van der Waals surface area contributed by atoms with Crippen LogP contribution in [0.3, 0.4) is 0 Å². The number of anilines is 1. The monoisotopic (exact) mass is 468 g/mol. The number of carbonyl (C=O) groups is 2. The van der Waals surface area contributed by atoms with Gasteiger partial charge in [-0.05, 0) is 55.9 Å². The van der Waals surface area contributed by atoms with E-state index in [1.54, 1.807) is 23.1 Å². The van der Waals surface area contributed by atoms with E-state index in [1.807, 2.05) is 18.2 Å². The summed E-state index contributed by atoms with van der Waals surface area (Å²) in [7, 11) is 0. The Morgan fingerprint density at radius 3 is 2.12 bits per heavy atom. The molecule has 0 saturated heterocycles. The second kappa shape index (κ2) is 15.1. The highest BCUT2D eigenvalue weighted by atomic mass is 16.5. The van der Waals surface area contributed by atoms with Gasteiger partial charge in [-0.2, -0.15) is 0 Å². The van der Waals surface area contributed by atoms with E-state index in [1.165, 1.54) is 37.8 Å². The van der Waals surface area contributed by atoms with E-state index < -0.39 is 5.97 Å². The summed E-state index contributed by atoms with van der Waals surface area (Å²) in [5.74, 6) is -0.536. The summed E-state index contributed by atoms with van der Waals surface area (Å²) in [6.07, 6.45) is 7.07. The Labute approximate surface area is 204 Å². The van der Waals surface area contributed by atoms with Crippen molar-refractivity contribution < 1.29 is 19.4 Å². The number of amides is 1. The predicted molar refractivity (Wildman–Crippen MR) is 138 cm³/mol. The van der Waals surface area contributed by atoms with Crippen LogP contribution in [0, 0.1) is 0 Å². The van der Waals surface area contributed by atoms with Crippen molar-refractivity contribution in [3.8, 4) is 5.75 Å². The van der Waals surface area contributed by atoms with E-state index in [0.717, 1.165) is 32.5 Å². The number of unbranched alkanes of at least 4 members (excludes halogenated alkanes) is 5. The molecule has 0 spiro atoms. The molecule has 6 nitrogen and oxygen atoms in total. The van der Waals surface area contributed by atoms with E-state index in [4.69, 9.17) is 4.74 Å². The highest BCUT2D eigenvalue weighted by Crippen LogP contribution is 2.24. The number of hydrogen-bond acceptors (Lipinski definition) is 4. The van der Waals surface area contributed by atoms with Crippen molar-refractivity contribution in [2.24, 2.45) is 0 Å². The van der Waals surface area contributed by atoms with Gasteiger partial charge in [0.15, 0.2) is 0 Å². The van der Waals surface area contributed by atoms with Gasteiger partial charge < -0.3 is 19.6 Å². The van der Waals surface area contributed by atoms with Crippen LogP contribution in [0.2, 0.25) is 0 Å². The molecule has 0 aliphatic heterocycles. The van der Waals surface area contributed by atoms with Crippen LogP contribution in [0.15, 0.2) is 48.5 Å². The Hall–Kier alpha value is -2.86. The third-order valence-corrected chi connectivity index (χ3v) is 6.08. The van der Waals surface area contributed by atoms with Gasteiger partial charge in [-0.25, -0.2) is 4.79 Å². The quantitative estimate of drug-likeness (QED) is 0.301. The van der Waals surface area contributed by atoms with Crippen LogP contribution in [0.5, 0.6) is 5.75 Å². The predicted octanol–water partition coefficient (Wildman–Crippen LogP) is 6.11. The van der Waals surface area contributed by atoms with E-state index in [9.17, 15) is 14.7 Å². The van der Waals surface area contributed by atoms with Gasteiger partial charge in [0.2, 0.25) is 0 Å². The third-order valence-electron chi connectivity index (χ3n) is 6.08.